The second kappa shape index (κ2) is 10.4. The molecule has 1 saturated heterocycles. The summed E-state index contributed by atoms with van der Waals surface area (Å²) in [4.78, 5) is 33.5. The number of amides is 1. The van der Waals surface area contributed by atoms with Crippen LogP contribution >= 0.6 is 11.3 Å². The number of nitrogens with zero attached hydrogens (tertiary/aromatic N) is 2. The van der Waals surface area contributed by atoms with Crippen LogP contribution in [0.2, 0.25) is 0 Å². The number of aliphatic hydroxyl groups excluding tert-OH is 1. The molecule has 8 nitrogen and oxygen atoms in total. The van der Waals surface area contributed by atoms with Crippen LogP contribution in [0.3, 0.4) is 0 Å². The zero-order valence-electron chi connectivity index (χ0n) is 20.8. The molecule has 0 spiro atoms. The number of carbonyl (C=O) groups excluding carboxylic acids is 2. The third kappa shape index (κ3) is 4.54. The predicted molar refractivity (Wildman–Crippen MR) is 138 cm³/mol. The number of anilines is 1. The summed E-state index contributed by atoms with van der Waals surface area (Å²) < 4.78 is 16.6. The maximum atomic E-state index is 13.4. The van der Waals surface area contributed by atoms with Crippen LogP contribution in [0.15, 0.2) is 48.0 Å². The summed E-state index contributed by atoms with van der Waals surface area (Å²) in [6.07, 6.45) is 0. The highest BCUT2D eigenvalue weighted by Gasteiger charge is 2.48. The number of Topliss-reactive ketones (excluding diaryl/α,β-unsaturated/α-hetero) is 1. The van der Waals surface area contributed by atoms with Crippen LogP contribution < -0.4 is 19.1 Å². The molecule has 1 aliphatic rings. The number of ether oxygens (including phenoxy) is 3. The van der Waals surface area contributed by atoms with Gasteiger partial charge in [0.1, 0.15) is 11.5 Å². The quantitative estimate of drug-likeness (QED) is 0.254. The summed E-state index contributed by atoms with van der Waals surface area (Å²) in [5.74, 6) is -0.197. The minimum atomic E-state index is -0.911. The largest absolute Gasteiger partial charge is 0.507 e. The van der Waals surface area contributed by atoms with Crippen molar-refractivity contribution >= 4 is 33.9 Å². The van der Waals surface area contributed by atoms with Crippen LogP contribution in [0.5, 0.6) is 17.2 Å². The molecule has 1 unspecified atom stereocenters. The average Bonchev–Trinajstić information content (AvgIpc) is 3.34. The van der Waals surface area contributed by atoms with Crippen LogP contribution in [0.25, 0.3) is 5.76 Å². The zero-order chi connectivity index (χ0) is 26.0. The van der Waals surface area contributed by atoms with Crippen molar-refractivity contribution in [3.63, 3.8) is 0 Å². The lowest BCUT2D eigenvalue weighted by Crippen LogP contribution is -2.29. The number of benzene rings is 2. The van der Waals surface area contributed by atoms with E-state index in [4.69, 9.17) is 14.2 Å². The second-order valence-corrected chi connectivity index (χ2v) is 9.29. The van der Waals surface area contributed by atoms with Gasteiger partial charge in [-0.1, -0.05) is 6.07 Å². The number of methoxy groups -OCH3 is 1. The van der Waals surface area contributed by atoms with E-state index in [-0.39, 0.29) is 11.3 Å². The Balaban J connectivity index is 1.91. The lowest BCUT2D eigenvalue weighted by Gasteiger charge is -2.24. The minimum absolute atomic E-state index is 0.0270. The van der Waals surface area contributed by atoms with Gasteiger partial charge < -0.3 is 19.3 Å². The molecule has 1 amide bonds. The van der Waals surface area contributed by atoms with Gasteiger partial charge in [-0.05, 0) is 69.7 Å². The molecule has 0 saturated carbocycles. The van der Waals surface area contributed by atoms with Gasteiger partial charge in [0, 0.05) is 10.4 Å². The standard InChI is InChI=1S/C27H28N2O6S/c1-6-34-19-11-8-17(9-12-19)24(30)22-23(18-10-13-20(35-7-2)21(14-18)33-5)29(26(32)25(22)31)27-28-15(3)16(4)36-27/h8-14,23,30H,6-7H2,1-5H3. The van der Waals surface area contributed by atoms with E-state index in [1.807, 2.05) is 27.7 Å². The summed E-state index contributed by atoms with van der Waals surface area (Å²) in [7, 11) is 1.52. The molecule has 0 aliphatic carbocycles. The van der Waals surface area contributed by atoms with E-state index < -0.39 is 17.7 Å². The van der Waals surface area contributed by atoms with E-state index in [9.17, 15) is 14.7 Å². The van der Waals surface area contributed by atoms with Gasteiger partial charge in [0.2, 0.25) is 0 Å². The zero-order valence-corrected chi connectivity index (χ0v) is 21.6. The second-order valence-electron chi connectivity index (χ2n) is 8.11. The minimum Gasteiger partial charge on any atom is -0.507 e. The van der Waals surface area contributed by atoms with Crippen molar-refractivity contribution in [3.8, 4) is 17.2 Å². The Kier molecular flexibility index (Phi) is 7.30. The molecule has 1 aromatic heterocycles. The number of thiazole rings is 1. The van der Waals surface area contributed by atoms with Crippen molar-refractivity contribution in [3.05, 3.63) is 69.7 Å². The molecular formula is C27H28N2O6S. The van der Waals surface area contributed by atoms with E-state index in [0.29, 0.717) is 46.7 Å². The van der Waals surface area contributed by atoms with E-state index in [1.165, 1.54) is 23.3 Å². The Morgan fingerprint density at radius 1 is 1.03 bits per heavy atom. The molecule has 2 heterocycles. The maximum absolute atomic E-state index is 13.4. The van der Waals surface area contributed by atoms with Gasteiger partial charge in [-0.2, -0.15) is 0 Å². The molecule has 4 rings (SSSR count). The molecule has 1 fully saturated rings. The smallest absolute Gasteiger partial charge is 0.301 e. The molecule has 1 aliphatic heterocycles. The van der Waals surface area contributed by atoms with Crippen LogP contribution in [0, 0.1) is 13.8 Å². The first-order valence-electron chi connectivity index (χ1n) is 11.6. The summed E-state index contributed by atoms with van der Waals surface area (Å²) in [6.45, 7) is 8.45. The lowest BCUT2D eigenvalue weighted by molar-refractivity contribution is -0.132. The van der Waals surface area contributed by atoms with Gasteiger partial charge in [-0.3, -0.25) is 14.5 Å². The van der Waals surface area contributed by atoms with Gasteiger partial charge in [0.25, 0.3) is 5.78 Å². The molecule has 0 radical (unpaired) electrons. The fourth-order valence-corrected chi connectivity index (χ4v) is 5.00. The molecule has 1 N–H and O–H groups in total. The third-order valence-corrected chi connectivity index (χ3v) is 6.98. The van der Waals surface area contributed by atoms with Crippen molar-refractivity contribution in [2.75, 3.05) is 25.2 Å². The number of ketones is 1. The molecule has 2 aromatic carbocycles. The Hall–Kier alpha value is -3.85. The molecule has 3 aromatic rings. The van der Waals surface area contributed by atoms with E-state index in [0.717, 1.165) is 10.6 Å². The number of carbonyl (C=O) groups is 2. The van der Waals surface area contributed by atoms with Crippen molar-refractivity contribution in [2.24, 2.45) is 0 Å². The van der Waals surface area contributed by atoms with Gasteiger partial charge in [-0.15, -0.1) is 11.3 Å². The number of aromatic nitrogens is 1. The molecule has 1 atom stereocenters. The molecule has 9 heteroatoms. The Morgan fingerprint density at radius 3 is 2.31 bits per heavy atom. The van der Waals surface area contributed by atoms with Crippen LogP contribution in [-0.2, 0) is 9.59 Å². The van der Waals surface area contributed by atoms with Crippen molar-refractivity contribution in [2.45, 2.75) is 33.7 Å². The average molecular weight is 509 g/mol. The first-order valence-corrected chi connectivity index (χ1v) is 12.4. The lowest BCUT2D eigenvalue weighted by atomic mass is 9.95. The molecular weight excluding hydrogens is 480 g/mol. The Bertz CT molecular complexity index is 1310. The monoisotopic (exact) mass is 508 g/mol. The van der Waals surface area contributed by atoms with Gasteiger partial charge >= 0.3 is 5.91 Å². The maximum Gasteiger partial charge on any atom is 0.301 e. The van der Waals surface area contributed by atoms with Crippen LogP contribution in [0.4, 0.5) is 5.13 Å². The fourth-order valence-electron chi connectivity index (χ4n) is 4.06. The highest BCUT2D eigenvalue weighted by Crippen LogP contribution is 2.45. The molecule has 0 bridgehead atoms. The fraction of sp³-hybridized carbons (Fsp3) is 0.296. The predicted octanol–water partition coefficient (Wildman–Crippen LogP) is 5.19. The Morgan fingerprint density at radius 2 is 1.72 bits per heavy atom. The first kappa shape index (κ1) is 25.2. The third-order valence-electron chi connectivity index (χ3n) is 5.91. The summed E-state index contributed by atoms with van der Waals surface area (Å²) in [5.41, 5.74) is 1.71. The van der Waals surface area contributed by atoms with Gasteiger partial charge in [0.15, 0.2) is 16.6 Å². The number of aryl methyl sites for hydroxylation is 2. The summed E-state index contributed by atoms with van der Waals surface area (Å²) >= 11 is 1.32. The number of hydrogen-bond donors (Lipinski definition) is 1. The molecule has 188 valence electrons. The number of aliphatic hydroxyl groups is 1. The first-order chi connectivity index (χ1) is 17.3. The molecule has 36 heavy (non-hydrogen) atoms. The van der Waals surface area contributed by atoms with Gasteiger partial charge in [-0.25, -0.2) is 4.98 Å². The summed E-state index contributed by atoms with van der Waals surface area (Å²) in [6, 6.07) is 11.0. The van der Waals surface area contributed by atoms with Crippen molar-refractivity contribution in [1.29, 1.82) is 0 Å². The number of hydrogen-bond acceptors (Lipinski definition) is 8. The highest BCUT2D eigenvalue weighted by atomic mass is 32.1. The normalized spacial score (nSPS) is 16.9. The van der Waals surface area contributed by atoms with Gasteiger partial charge in [0.05, 0.1) is 37.6 Å². The van der Waals surface area contributed by atoms with Crippen LogP contribution in [-0.4, -0.2) is 42.1 Å². The van der Waals surface area contributed by atoms with Crippen molar-refractivity contribution in [1.82, 2.24) is 4.98 Å². The SMILES string of the molecule is CCOc1ccc(C(O)=C2C(=O)C(=O)N(c3nc(C)c(C)s3)C2c2ccc(OCC)c(OC)c2)cc1. The summed E-state index contributed by atoms with van der Waals surface area (Å²) in [5, 5.41) is 11.7. The van der Waals surface area contributed by atoms with E-state index >= 15 is 0 Å². The van der Waals surface area contributed by atoms with Crippen molar-refractivity contribution < 1.29 is 28.9 Å². The van der Waals surface area contributed by atoms with Crippen LogP contribution in [0.1, 0.15) is 41.6 Å². The highest BCUT2D eigenvalue weighted by molar-refractivity contribution is 7.16. The Labute approximate surface area is 213 Å². The van der Waals surface area contributed by atoms with E-state index in [2.05, 4.69) is 4.98 Å². The topological polar surface area (TPSA) is 98.2 Å². The van der Waals surface area contributed by atoms with E-state index in [1.54, 1.807) is 42.5 Å². The number of rotatable bonds is 8.